The fourth-order valence-corrected chi connectivity index (χ4v) is 1.27. The van der Waals surface area contributed by atoms with Crippen molar-refractivity contribution in [2.24, 2.45) is 0 Å². The Hall–Kier alpha value is -0.770. The van der Waals surface area contributed by atoms with Gasteiger partial charge in [0.2, 0.25) is 0 Å². The Morgan fingerprint density at radius 3 is 2.50 bits per heavy atom. The molecule has 0 aliphatic heterocycles. The summed E-state index contributed by atoms with van der Waals surface area (Å²) < 4.78 is 0. The Morgan fingerprint density at radius 1 is 1.33 bits per heavy atom. The number of hydrogen-bond acceptors (Lipinski definition) is 4. The van der Waals surface area contributed by atoms with Crippen molar-refractivity contribution in [1.29, 1.82) is 0 Å². The number of nitrogens with zero attached hydrogens (tertiary/aromatic N) is 3. The maximum Gasteiger partial charge on any atom is 0.189 e. The number of thioether (sulfide) groups is 1. The maximum atomic E-state index is 4.33. The van der Waals surface area contributed by atoms with Crippen LogP contribution in [-0.4, -0.2) is 30.3 Å². The molecule has 1 heterocycles. The minimum Gasteiger partial charge on any atom is -0.363 e. The van der Waals surface area contributed by atoms with Crippen LogP contribution in [0.2, 0.25) is 0 Å². The van der Waals surface area contributed by atoms with Crippen LogP contribution in [0.15, 0.2) is 11.2 Å². The molecule has 4 heteroatoms. The first-order valence-corrected chi connectivity index (χ1v) is 4.93. The van der Waals surface area contributed by atoms with Gasteiger partial charge in [-0.2, -0.15) is 0 Å². The molecule has 1 aromatic heterocycles. The van der Waals surface area contributed by atoms with Crippen molar-refractivity contribution in [3.8, 4) is 0 Å². The highest BCUT2D eigenvalue weighted by molar-refractivity contribution is 7.98. The second kappa shape index (κ2) is 3.76. The number of rotatable bonds is 2. The summed E-state index contributed by atoms with van der Waals surface area (Å²) in [6, 6.07) is 1.97. The Morgan fingerprint density at radius 2 is 2.00 bits per heavy atom. The molecule has 0 fully saturated rings. The molecular formula is C8H13N3S. The van der Waals surface area contributed by atoms with Crippen LogP contribution >= 0.6 is 11.8 Å². The second-order valence-electron chi connectivity index (χ2n) is 2.75. The third kappa shape index (κ3) is 2.11. The summed E-state index contributed by atoms with van der Waals surface area (Å²) in [7, 11) is 3.96. The Labute approximate surface area is 77.2 Å². The summed E-state index contributed by atoms with van der Waals surface area (Å²) in [6.45, 7) is 1.98. The molecule has 0 N–H and O–H groups in total. The SMILES string of the molecule is CSc1nc(C)cc(N(C)C)n1. The molecule has 0 spiro atoms. The minimum absolute atomic E-state index is 0.832. The molecule has 0 unspecified atom stereocenters. The minimum atomic E-state index is 0.832. The van der Waals surface area contributed by atoms with E-state index < -0.39 is 0 Å². The van der Waals surface area contributed by atoms with E-state index >= 15 is 0 Å². The van der Waals surface area contributed by atoms with Crippen molar-refractivity contribution < 1.29 is 0 Å². The molecule has 0 saturated heterocycles. The van der Waals surface area contributed by atoms with Crippen molar-refractivity contribution in [3.63, 3.8) is 0 Å². The van der Waals surface area contributed by atoms with Crippen LogP contribution in [0.25, 0.3) is 0 Å². The van der Waals surface area contributed by atoms with Crippen molar-refractivity contribution in [2.45, 2.75) is 12.1 Å². The fraction of sp³-hybridized carbons (Fsp3) is 0.500. The normalized spacial score (nSPS) is 10.0. The molecule has 12 heavy (non-hydrogen) atoms. The summed E-state index contributed by atoms with van der Waals surface area (Å²) >= 11 is 1.57. The quantitative estimate of drug-likeness (QED) is 0.514. The van der Waals surface area contributed by atoms with E-state index in [0.717, 1.165) is 16.7 Å². The van der Waals surface area contributed by atoms with Crippen LogP contribution in [0.3, 0.4) is 0 Å². The first-order chi connectivity index (χ1) is 5.63. The van der Waals surface area contributed by atoms with Crippen molar-refractivity contribution in [3.05, 3.63) is 11.8 Å². The predicted octanol–water partition coefficient (Wildman–Crippen LogP) is 1.57. The molecule has 0 amide bonds. The molecule has 0 atom stereocenters. The molecule has 1 rings (SSSR count). The summed E-state index contributed by atoms with van der Waals surface area (Å²) in [5.74, 6) is 0.965. The lowest BCUT2D eigenvalue weighted by Gasteiger charge is -2.11. The van der Waals surface area contributed by atoms with Crippen LogP contribution in [0.4, 0.5) is 5.82 Å². The van der Waals surface area contributed by atoms with E-state index in [-0.39, 0.29) is 0 Å². The van der Waals surface area contributed by atoms with Gasteiger partial charge in [-0.25, -0.2) is 9.97 Å². The van der Waals surface area contributed by atoms with Crippen molar-refractivity contribution >= 4 is 17.6 Å². The van der Waals surface area contributed by atoms with Crippen LogP contribution in [0.1, 0.15) is 5.69 Å². The topological polar surface area (TPSA) is 29.0 Å². The fourth-order valence-electron chi connectivity index (χ4n) is 0.846. The van der Waals surface area contributed by atoms with Gasteiger partial charge >= 0.3 is 0 Å². The number of aromatic nitrogens is 2. The molecule has 0 bridgehead atoms. The second-order valence-corrected chi connectivity index (χ2v) is 3.52. The van der Waals surface area contributed by atoms with Crippen LogP contribution in [0, 0.1) is 6.92 Å². The molecule has 0 aromatic carbocycles. The van der Waals surface area contributed by atoms with Crippen LogP contribution < -0.4 is 4.90 Å². The molecule has 1 aromatic rings. The molecular weight excluding hydrogens is 170 g/mol. The van der Waals surface area contributed by atoms with Crippen molar-refractivity contribution in [2.75, 3.05) is 25.3 Å². The summed E-state index contributed by atoms with van der Waals surface area (Å²) in [4.78, 5) is 10.6. The van der Waals surface area contributed by atoms with Gasteiger partial charge < -0.3 is 4.90 Å². The molecule has 0 radical (unpaired) electrons. The van der Waals surface area contributed by atoms with Gasteiger partial charge in [-0.05, 0) is 13.2 Å². The van der Waals surface area contributed by atoms with E-state index in [0.29, 0.717) is 0 Å². The molecule has 3 nitrogen and oxygen atoms in total. The average Bonchev–Trinajstić information content (AvgIpc) is 2.03. The summed E-state index contributed by atoms with van der Waals surface area (Å²) in [5, 5.41) is 0.832. The van der Waals surface area contributed by atoms with Gasteiger partial charge in [0.25, 0.3) is 0 Å². The first kappa shape index (κ1) is 9.32. The van der Waals surface area contributed by atoms with Gasteiger partial charge in [-0.15, -0.1) is 0 Å². The van der Waals surface area contributed by atoms with E-state index in [1.807, 2.05) is 38.2 Å². The first-order valence-electron chi connectivity index (χ1n) is 3.70. The lowest BCUT2D eigenvalue weighted by molar-refractivity contribution is 0.904. The van der Waals surface area contributed by atoms with E-state index in [4.69, 9.17) is 0 Å². The zero-order valence-corrected chi connectivity index (χ0v) is 8.64. The number of hydrogen-bond donors (Lipinski definition) is 0. The van der Waals surface area contributed by atoms with Gasteiger partial charge in [0.15, 0.2) is 5.16 Å². The molecule has 0 aliphatic rings. The highest BCUT2D eigenvalue weighted by Gasteiger charge is 2.01. The monoisotopic (exact) mass is 183 g/mol. The third-order valence-electron chi connectivity index (χ3n) is 1.46. The number of anilines is 1. The summed E-state index contributed by atoms with van der Waals surface area (Å²) in [6.07, 6.45) is 1.98. The zero-order chi connectivity index (χ0) is 9.14. The Kier molecular flexibility index (Phi) is 2.92. The molecule has 0 saturated carbocycles. The van der Waals surface area contributed by atoms with E-state index in [1.165, 1.54) is 0 Å². The largest absolute Gasteiger partial charge is 0.363 e. The van der Waals surface area contributed by atoms with Gasteiger partial charge in [-0.3, -0.25) is 0 Å². The van der Waals surface area contributed by atoms with Gasteiger partial charge in [-0.1, -0.05) is 11.8 Å². The van der Waals surface area contributed by atoms with Gasteiger partial charge in [0.05, 0.1) is 0 Å². The Balaban J connectivity index is 3.06. The lowest BCUT2D eigenvalue weighted by atomic mass is 10.4. The van der Waals surface area contributed by atoms with Gasteiger partial charge in [0.1, 0.15) is 5.82 Å². The highest BCUT2D eigenvalue weighted by Crippen LogP contribution is 2.14. The molecule has 66 valence electrons. The van der Waals surface area contributed by atoms with E-state index in [9.17, 15) is 0 Å². The van der Waals surface area contributed by atoms with Gasteiger partial charge in [0, 0.05) is 25.9 Å². The molecule has 0 aliphatic carbocycles. The smallest absolute Gasteiger partial charge is 0.189 e. The van der Waals surface area contributed by atoms with E-state index in [2.05, 4.69) is 9.97 Å². The van der Waals surface area contributed by atoms with Crippen LogP contribution in [0.5, 0.6) is 0 Å². The Bertz CT molecular complexity index is 273. The third-order valence-corrected chi connectivity index (χ3v) is 2.01. The predicted molar refractivity (Wildman–Crippen MR) is 52.9 cm³/mol. The zero-order valence-electron chi connectivity index (χ0n) is 7.83. The summed E-state index contributed by atoms with van der Waals surface area (Å²) in [5.41, 5.74) is 1.01. The highest BCUT2D eigenvalue weighted by atomic mass is 32.2. The van der Waals surface area contributed by atoms with E-state index in [1.54, 1.807) is 11.8 Å². The van der Waals surface area contributed by atoms with Crippen LogP contribution in [-0.2, 0) is 0 Å². The standard InChI is InChI=1S/C8H13N3S/c1-6-5-7(11(2)3)10-8(9-6)12-4/h5H,1-4H3. The number of aryl methyl sites for hydroxylation is 1. The maximum absolute atomic E-state index is 4.33. The lowest BCUT2D eigenvalue weighted by Crippen LogP contribution is -2.11. The average molecular weight is 183 g/mol. The van der Waals surface area contributed by atoms with Crippen molar-refractivity contribution in [1.82, 2.24) is 9.97 Å².